The molecule has 1 aliphatic heterocycles. The first-order valence-corrected chi connectivity index (χ1v) is 7.72. The van der Waals surface area contributed by atoms with Crippen LogP contribution in [-0.2, 0) is 4.79 Å². The van der Waals surface area contributed by atoms with Gasteiger partial charge in [0.1, 0.15) is 0 Å². The number of amides is 1. The van der Waals surface area contributed by atoms with E-state index in [1.54, 1.807) is 0 Å². The van der Waals surface area contributed by atoms with Gasteiger partial charge in [-0.1, -0.05) is 29.3 Å². The zero-order chi connectivity index (χ0) is 14.8. The van der Waals surface area contributed by atoms with Crippen molar-refractivity contribution in [2.75, 3.05) is 25.0 Å². The third kappa shape index (κ3) is 3.81. The van der Waals surface area contributed by atoms with Gasteiger partial charge in [-0.25, -0.2) is 0 Å². The van der Waals surface area contributed by atoms with Crippen molar-refractivity contribution in [3.63, 3.8) is 0 Å². The highest BCUT2D eigenvalue weighted by Gasteiger charge is 2.40. The Morgan fingerprint density at radius 3 is 2.80 bits per heavy atom. The molecule has 1 aromatic carbocycles. The van der Waals surface area contributed by atoms with Crippen molar-refractivity contribution in [2.24, 2.45) is 0 Å². The lowest BCUT2D eigenvalue weighted by atomic mass is 9.89. The summed E-state index contributed by atoms with van der Waals surface area (Å²) in [4.78, 5) is 13.9. The standard InChI is InChI=1S/C15H21BrN2O2/c1-3-6-15(20)9-18(10-15)8-14(19)17-13-5-4-12(16)7-11(13)2/h4-5,7,20H,3,6,8-10H2,1-2H3,(H,17,19). The lowest BCUT2D eigenvalue weighted by Crippen LogP contribution is -2.62. The number of hydrogen-bond acceptors (Lipinski definition) is 3. The Bertz CT molecular complexity index is 499. The highest BCUT2D eigenvalue weighted by molar-refractivity contribution is 9.10. The van der Waals surface area contributed by atoms with Crippen LogP contribution in [0.2, 0.25) is 0 Å². The van der Waals surface area contributed by atoms with Crippen molar-refractivity contribution in [2.45, 2.75) is 32.3 Å². The average molecular weight is 341 g/mol. The summed E-state index contributed by atoms with van der Waals surface area (Å²) in [5.41, 5.74) is 1.28. The molecule has 0 spiro atoms. The van der Waals surface area contributed by atoms with E-state index in [4.69, 9.17) is 0 Å². The molecule has 0 aromatic heterocycles. The van der Waals surface area contributed by atoms with Gasteiger partial charge in [-0.05, 0) is 37.1 Å². The number of carbonyl (C=O) groups excluding carboxylic acids is 1. The molecular weight excluding hydrogens is 320 g/mol. The van der Waals surface area contributed by atoms with Crippen LogP contribution in [-0.4, -0.2) is 41.1 Å². The number of nitrogens with one attached hydrogen (secondary N) is 1. The van der Waals surface area contributed by atoms with Gasteiger partial charge in [0.25, 0.3) is 0 Å². The smallest absolute Gasteiger partial charge is 0.238 e. The van der Waals surface area contributed by atoms with E-state index in [1.807, 2.05) is 30.0 Å². The Kier molecular flexibility index (Phi) is 4.83. The molecule has 20 heavy (non-hydrogen) atoms. The van der Waals surface area contributed by atoms with Gasteiger partial charge in [0, 0.05) is 23.2 Å². The first-order valence-electron chi connectivity index (χ1n) is 6.92. The van der Waals surface area contributed by atoms with E-state index in [9.17, 15) is 9.90 Å². The molecule has 0 unspecified atom stereocenters. The third-order valence-electron chi connectivity index (χ3n) is 3.58. The molecular formula is C15H21BrN2O2. The molecule has 4 nitrogen and oxygen atoms in total. The second kappa shape index (κ2) is 6.24. The lowest BCUT2D eigenvalue weighted by molar-refractivity contribution is -0.129. The second-order valence-electron chi connectivity index (χ2n) is 5.63. The van der Waals surface area contributed by atoms with E-state index in [1.165, 1.54) is 0 Å². The maximum absolute atomic E-state index is 12.0. The molecule has 2 N–H and O–H groups in total. The molecule has 5 heteroatoms. The van der Waals surface area contributed by atoms with Gasteiger partial charge in [0.05, 0.1) is 12.1 Å². The first kappa shape index (κ1) is 15.5. The molecule has 0 bridgehead atoms. The maximum atomic E-state index is 12.0. The Morgan fingerprint density at radius 1 is 1.50 bits per heavy atom. The average Bonchev–Trinajstić information content (AvgIpc) is 2.31. The van der Waals surface area contributed by atoms with Gasteiger partial charge < -0.3 is 10.4 Å². The zero-order valence-corrected chi connectivity index (χ0v) is 13.5. The SMILES string of the molecule is CCCC1(O)CN(CC(=O)Nc2ccc(Br)cc2C)C1. The molecule has 1 aromatic rings. The Hall–Kier alpha value is -0.910. The van der Waals surface area contributed by atoms with Crippen LogP contribution in [0.5, 0.6) is 0 Å². The van der Waals surface area contributed by atoms with E-state index in [2.05, 4.69) is 28.2 Å². The summed E-state index contributed by atoms with van der Waals surface area (Å²) in [5, 5.41) is 13.0. The molecule has 0 radical (unpaired) electrons. The number of hydrogen-bond donors (Lipinski definition) is 2. The van der Waals surface area contributed by atoms with Gasteiger partial charge in [-0.2, -0.15) is 0 Å². The predicted octanol–water partition coefficient (Wildman–Crippen LogP) is 2.54. The predicted molar refractivity (Wildman–Crippen MR) is 83.8 cm³/mol. The summed E-state index contributed by atoms with van der Waals surface area (Å²) in [7, 11) is 0. The minimum atomic E-state index is -0.581. The van der Waals surface area contributed by atoms with Gasteiger partial charge in [0.15, 0.2) is 0 Å². The summed E-state index contributed by atoms with van der Waals surface area (Å²) < 4.78 is 1.00. The summed E-state index contributed by atoms with van der Waals surface area (Å²) in [6.45, 7) is 5.54. The monoisotopic (exact) mass is 340 g/mol. The number of rotatable bonds is 5. The van der Waals surface area contributed by atoms with Gasteiger partial charge >= 0.3 is 0 Å². The van der Waals surface area contributed by atoms with Crippen molar-refractivity contribution in [3.8, 4) is 0 Å². The fourth-order valence-corrected chi connectivity index (χ4v) is 3.16. The van der Waals surface area contributed by atoms with Gasteiger partial charge in [0.2, 0.25) is 5.91 Å². The Labute approximate surface area is 128 Å². The minimum Gasteiger partial charge on any atom is -0.387 e. The number of benzene rings is 1. The second-order valence-corrected chi connectivity index (χ2v) is 6.54. The Morgan fingerprint density at radius 2 is 2.20 bits per heavy atom. The molecule has 110 valence electrons. The number of halogens is 1. The lowest BCUT2D eigenvalue weighted by Gasteiger charge is -2.46. The molecule has 0 atom stereocenters. The number of carbonyl (C=O) groups is 1. The molecule has 0 saturated carbocycles. The van der Waals surface area contributed by atoms with Crippen LogP contribution in [0.4, 0.5) is 5.69 Å². The molecule has 2 rings (SSSR count). The Balaban J connectivity index is 1.82. The number of anilines is 1. The van der Waals surface area contributed by atoms with E-state index in [0.29, 0.717) is 19.6 Å². The molecule has 1 saturated heterocycles. The van der Waals surface area contributed by atoms with Gasteiger partial charge in [-0.3, -0.25) is 9.69 Å². The topological polar surface area (TPSA) is 52.6 Å². The van der Waals surface area contributed by atoms with Crippen LogP contribution in [0.15, 0.2) is 22.7 Å². The summed E-state index contributed by atoms with van der Waals surface area (Å²) in [6.07, 6.45) is 1.77. The van der Waals surface area contributed by atoms with Crippen LogP contribution in [0, 0.1) is 6.92 Å². The largest absolute Gasteiger partial charge is 0.387 e. The number of aliphatic hydroxyl groups is 1. The maximum Gasteiger partial charge on any atom is 0.238 e. The minimum absolute atomic E-state index is 0.0334. The van der Waals surface area contributed by atoms with E-state index >= 15 is 0 Å². The fourth-order valence-electron chi connectivity index (χ4n) is 2.68. The van der Waals surface area contributed by atoms with E-state index in [0.717, 1.165) is 28.6 Å². The normalized spacial score (nSPS) is 17.6. The van der Waals surface area contributed by atoms with Crippen molar-refractivity contribution in [3.05, 3.63) is 28.2 Å². The highest BCUT2D eigenvalue weighted by atomic mass is 79.9. The first-order chi connectivity index (χ1) is 9.42. The van der Waals surface area contributed by atoms with Crippen molar-refractivity contribution in [1.82, 2.24) is 4.90 Å². The van der Waals surface area contributed by atoms with Crippen molar-refractivity contribution < 1.29 is 9.90 Å². The van der Waals surface area contributed by atoms with Crippen LogP contribution in [0.25, 0.3) is 0 Å². The number of nitrogens with zero attached hydrogens (tertiary/aromatic N) is 1. The van der Waals surface area contributed by atoms with Crippen molar-refractivity contribution >= 4 is 27.5 Å². The molecule has 1 fully saturated rings. The summed E-state index contributed by atoms with van der Waals surface area (Å²) in [6, 6.07) is 5.77. The fraction of sp³-hybridized carbons (Fsp3) is 0.533. The molecule has 1 aliphatic rings. The van der Waals surface area contributed by atoms with Gasteiger partial charge in [-0.15, -0.1) is 0 Å². The van der Waals surface area contributed by atoms with E-state index < -0.39 is 5.60 Å². The third-order valence-corrected chi connectivity index (χ3v) is 4.07. The number of β-amino-alcohol motifs (C(OH)–C–C–N with tert-alkyl or cyclic N) is 1. The van der Waals surface area contributed by atoms with Crippen molar-refractivity contribution in [1.29, 1.82) is 0 Å². The molecule has 1 heterocycles. The van der Waals surface area contributed by atoms with E-state index in [-0.39, 0.29) is 5.91 Å². The molecule has 0 aliphatic carbocycles. The molecule has 1 amide bonds. The highest BCUT2D eigenvalue weighted by Crippen LogP contribution is 2.25. The number of aryl methyl sites for hydroxylation is 1. The van der Waals surface area contributed by atoms with Crippen LogP contribution in [0.3, 0.4) is 0 Å². The summed E-state index contributed by atoms with van der Waals surface area (Å²) >= 11 is 3.40. The van der Waals surface area contributed by atoms with Crippen LogP contribution in [0.1, 0.15) is 25.3 Å². The zero-order valence-electron chi connectivity index (χ0n) is 11.9. The van der Waals surface area contributed by atoms with Crippen LogP contribution >= 0.6 is 15.9 Å². The summed E-state index contributed by atoms with van der Waals surface area (Å²) in [5.74, 6) is -0.0334. The quantitative estimate of drug-likeness (QED) is 0.865. The van der Waals surface area contributed by atoms with Crippen LogP contribution < -0.4 is 5.32 Å². The number of likely N-dealkylation sites (tertiary alicyclic amines) is 1.